The monoisotopic (exact) mass is 216 g/mol. The molecule has 66 valence electrons. The Bertz CT molecular complexity index is 523. The minimum atomic E-state index is -0.531. The fourth-order valence-corrected chi connectivity index (χ4v) is 1.42. The molecule has 2 heterocycles. The molecule has 2 rings (SSSR count). The first-order valence-electron chi connectivity index (χ1n) is 3.28. The molecule has 0 atom stereocenters. The van der Waals surface area contributed by atoms with Gasteiger partial charge in [-0.3, -0.25) is 0 Å². The highest BCUT2D eigenvalue weighted by atomic mass is 35.5. The molecule has 2 aromatic rings. The first-order chi connectivity index (χ1) is 6.18. The number of halogens is 2. The van der Waals surface area contributed by atoms with Gasteiger partial charge in [-0.25, -0.2) is 14.8 Å². The molecular formula is C7H2Cl2N2O2. The van der Waals surface area contributed by atoms with Crippen molar-refractivity contribution in [2.45, 2.75) is 0 Å². The molecule has 0 aromatic carbocycles. The molecule has 0 fully saturated rings. The average molecular weight is 217 g/mol. The largest absolute Gasteiger partial charge is 0.411 e. The van der Waals surface area contributed by atoms with Crippen LogP contribution in [0.4, 0.5) is 0 Å². The number of hydrogen-bond acceptors (Lipinski definition) is 4. The fourth-order valence-electron chi connectivity index (χ4n) is 0.946. The summed E-state index contributed by atoms with van der Waals surface area (Å²) in [4.78, 5) is 18.6. The van der Waals surface area contributed by atoms with E-state index >= 15 is 0 Å². The zero-order chi connectivity index (χ0) is 9.42. The van der Waals surface area contributed by atoms with Crippen LogP contribution in [0, 0.1) is 0 Å². The molecule has 0 saturated carbocycles. The molecule has 0 aliphatic carbocycles. The zero-order valence-corrected chi connectivity index (χ0v) is 7.63. The molecule has 0 aliphatic heterocycles. The summed E-state index contributed by atoms with van der Waals surface area (Å²) in [5.41, 5.74) is -0.237. The van der Waals surface area contributed by atoms with Crippen molar-refractivity contribution < 1.29 is 4.42 Å². The third-order valence-electron chi connectivity index (χ3n) is 1.48. The van der Waals surface area contributed by atoms with E-state index in [1.54, 1.807) is 0 Å². The fraction of sp³-hybridized carbons (Fsp3) is 0. The van der Waals surface area contributed by atoms with Gasteiger partial charge in [-0.15, -0.1) is 0 Å². The van der Waals surface area contributed by atoms with Crippen LogP contribution in [0.2, 0.25) is 10.3 Å². The lowest BCUT2D eigenvalue weighted by atomic mass is 10.3. The van der Waals surface area contributed by atoms with Crippen LogP contribution in [-0.2, 0) is 0 Å². The van der Waals surface area contributed by atoms with Crippen molar-refractivity contribution in [3.8, 4) is 0 Å². The van der Waals surface area contributed by atoms with Crippen LogP contribution in [0.1, 0.15) is 0 Å². The van der Waals surface area contributed by atoms with Gasteiger partial charge < -0.3 is 4.42 Å². The Balaban J connectivity index is 3.03. The lowest BCUT2D eigenvalue weighted by Crippen LogP contribution is -2.01. The van der Waals surface area contributed by atoms with Crippen LogP contribution >= 0.6 is 23.2 Å². The molecule has 0 spiro atoms. The van der Waals surface area contributed by atoms with Gasteiger partial charge >= 0.3 is 5.63 Å². The summed E-state index contributed by atoms with van der Waals surface area (Å²) < 4.78 is 4.54. The average Bonchev–Trinajstić information content (AvgIpc) is 2.07. The maximum Gasteiger partial charge on any atom is 0.346 e. The Morgan fingerprint density at radius 2 is 2.15 bits per heavy atom. The summed E-state index contributed by atoms with van der Waals surface area (Å²) in [5, 5.41) is 0.459. The molecule has 0 radical (unpaired) electrons. The summed E-state index contributed by atoms with van der Waals surface area (Å²) >= 11 is 11.3. The van der Waals surface area contributed by atoms with Gasteiger partial charge in [-0.1, -0.05) is 23.2 Å². The predicted molar refractivity (Wildman–Crippen MR) is 48.1 cm³/mol. The number of nitrogens with zero attached hydrogens (tertiary/aromatic N) is 2. The topological polar surface area (TPSA) is 56.0 Å². The number of hydrogen-bond donors (Lipinski definition) is 0. The molecule has 6 heteroatoms. The van der Waals surface area contributed by atoms with Crippen molar-refractivity contribution in [2.75, 3.05) is 0 Å². The van der Waals surface area contributed by atoms with E-state index in [1.165, 1.54) is 6.07 Å². The van der Waals surface area contributed by atoms with E-state index in [1.807, 2.05) is 0 Å². The third kappa shape index (κ3) is 1.38. The van der Waals surface area contributed by atoms with Crippen LogP contribution in [0.25, 0.3) is 10.9 Å². The van der Waals surface area contributed by atoms with Crippen molar-refractivity contribution >= 4 is 34.1 Å². The SMILES string of the molecule is O=c1ocnc2c(Cl)nc(Cl)cc12. The van der Waals surface area contributed by atoms with E-state index < -0.39 is 5.63 Å². The lowest BCUT2D eigenvalue weighted by molar-refractivity contribution is 0.501. The quantitative estimate of drug-likeness (QED) is 0.632. The van der Waals surface area contributed by atoms with E-state index in [4.69, 9.17) is 23.2 Å². The molecule has 0 unspecified atom stereocenters. The van der Waals surface area contributed by atoms with Crippen molar-refractivity contribution in [3.63, 3.8) is 0 Å². The molecule has 0 amide bonds. The van der Waals surface area contributed by atoms with Gasteiger partial charge in [-0.2, -0.15) is 0 Å². The molecule has 13 heavy (non-hydrogen) atoms. The maximum atomic E-state index is 11.1. The predicted octanol–water partition coefficient (Wildman–Crippen LogP) is 1.89. The van der Waals surface area contributed by atoms with E-state index in [-0.39, 0.29) is 15.7 Å². The third-order valence-corrected chi connectivity index (χ3v) is 1.94. The molecule has 0 aliphatic rings. The second kappa shape index (κ2) is 2.97. The van der Waals surface area contributed by atoms with Crippen molar-refractivity contribution in [1.82, 2.24) is 9.97 Å². The van der Waals surface area contributed by atoms with Gasteiger partial charge in [-0.05, 0) is 6.07 Å². The first kappa shape index (κ1) is 8.47. The highest BCUT2D eigenvalue weighted by Crippen LogP contribution is 2.19. The smallest absolute Gasteiger partial charge is 0.346 e. The van der Waals surface area contributed by atoms with Crippen molar-refractivity contribution in [1.29, 1.82) is 0 Å². The summed E-state index contributed by atoms with van der Waals surface area (Å²) in [6, 6.07) is 1.36. The van der Waals surface area contributed by atoms with Crippen LogP contribution in [0.15, 0.2) is 21.7 Å². The van der Waals surface area contributed by atoms with Crippen LogP contribution < -0.4 is 5.63 Å². The highest BCUT2D eigenvalue weighted by Gasteiger charge is 2.07. The van der Waals surface area contributed by atoms with E-state index in [0.717, 1.165) is 6.39 Å². The Kier molecular flexibility index (Phi) is 1.94. The number of fused-ring (bicyclic) bond motifs is 1. The van der Waals surface area contributed by atoms with Gasteiger partial charge in [0.15, 0.2) is 11.5 Å². The summed E-state index contributed by atoms with van der Waals surface area (Å²) in [6.07, 6.45) is 1.02. The van der Waals surface area contributed by atoms with Crippen LogP contribution in [0.3, 0.4) is 0 Å². The number of aromatic nitrogens is 2. The van der Waals surface area contributed by atoms with E-state index in [9.17, 15) is 4.79 Å². The summed E-state index contributed by atoms with van der Waals surface area (Å²) in [7, 11) is 0. The standard InChI is InChI=1S/C7H2Cl2N2O2/c8-4-1-3-5(6(9)11-4)10-2-13-7(3)12/h1-2H. The Morgan fingerprint density at radius 3 is 2.92 bits per heavy atom. The van der Waals surface area contributed by atoms with Gasteiger partial charge in [0.25, 0.3) is 0 Å². The van der Waals surface area contributed by atoms with Gasteiger partial charge in [0.1, 0.15) is 10.7 Å². The maximum absolute atomic E-state index is 11.1. The van der Waals surface area contributed by atoms with Crippen molar-refractivity contribution in [3.05, 3.63) is 33.2 Å². The highest BCUT2D eigenvalue weighted by molar-refractivity contribution is 6.36. The normalized spacial score (nSPS) is 10.6. The number of pyridine rings is 1. The zero-order valence-electron chi connectivity index (χ0n) is 6.12. The van der Waals surface area contributed by atoms with Gasteiger partial charge in [0, 0.05) is 0 Å². The summed E-state index contributed by atoms with van der Waals surface area (Å²) in [5.74, 6) is 0. The molecule has 0 N–H and O–H groups in total. The Morgan fingerprint density at radius 1 is 1.38 bits per heavy atom. The van der Waals surface area contributed by atoms with Crippen molar-refractivity contribution in [2.24, 2.45) is 0 Å². The van der Waals surface area contributed by atoms with E-state index in [0.29, 0.717) is 5.52 Å². The van der Waals surface area contributed by atoms with Crippen LogP contribution in [0.5, 0.6) is 0 Å². The summed E-state index contributed by atoms with van der Waals surface area (Å²) in [6.45, 7) is 0. The number of rotatable bonds is 0. The van der Waals surface area contributed by atoms with Gasteiger partial charge in [0.2, 0.25) is 0 Å². The molecular weight excluding hydrogens is 215 g/mol. The minimum Gasteiger partial charge on any atom is -0.411 e. The Labute approximate surface area is 82.1 Å². The van der Waals surface area contributed by atoms with Gasteiger partial charge in [0.05, 0.1) is 5.39 Å². The molecule has 0 saturated heterocycles. The molecule has 0 bridgehead atoms. The van der Waals surface area contributed by atoms with E-state index in [2.05, 4.69) is 14.4 Å². The first-order valence-corrected chi connectivity index (χ1v) is 4.03. The Hall–Kier alpha value is -1.13. The minimum absolute atomic E-state index is 0.0930. The lowest BCUT2D eigenvalue weighted by Gasteiger charge is -1.96. The molecule has 4 nitrogen and oxygen atoms in total. The van der Waals surface area contributed by atoms with Crippen LogP contribution in [-0.4, -0.2) is 9.97 Å². The second-order valence-corrected chi connectivity index (χ2v) is 3.02. The second-order valence-electron chi connectivity index (χ2n) is 2.27. The molecule has 2 aromatic heterocycles.